The van der Waals surface area contributed by atoms with Gasteiger partial charge in [-0.3, -0.25) is 0 Å². The number of nitrogens with zero attached hydrogens (tertiary/aromatic N) is 5. The second kappa shape index (κ2) is 10.2. The number of aromatic nitrogens is 1. The van der Waals surface area contributed by atoms with Gasteiger partial charge in [0, 0.05) is 0 Å². The van der Waals surface area contributed by atoms with Crippen molar-refractivity contribution in [1.29, 1.82) is 0 Å². The van der Waals surface area contributed by atoms with Gasteiger partial charge in [0.25, 0.3) is 0 Å². The predicted molar refractivity (Wildman–Crippen MR) is 108 cm³/mol. The Kier molecular flexibility index (Phi) is 8.20. The Morgan fingerprint density at radius 1 is 0.742 bits per heavy atom. The molecule has 5 rings (SSSR count). The molecular weight excluding hydrogens is 476 g/mol. The first kappa shape index (κ1) is 24.8. The van der Waals surface area contributed by atoms with Crippen molar-refractivity contribution < 1.29 is 52.8 Å². The van der Waals surface area contributed by atoms with Gasteiger partial charge >= 0.3 is 18.6 Å². The van der Waals surface area contributed by atoms with E-state index >= 15 is 0 Å². The molecule has 0 saturated heterocycles. The molecule has 31 heavy (non-hydrogen) atoms. The van der Waals surface area contributed by atoms with Crippen LogP contribution >= 0.6 is 0 Å². The predicted octanol–water partition coefficient (Wildman–Crippen LogP) is -3.57. The average molecular weight is 493 g/mol. The summed E-state index contributed by atoms with van der Waals surface area (Å²) in [7, 11) is 3.28. The van der Waals surface area contributed by atoms with Gasteiger partial charge in [0.2, 0.25) is 0 Å². The third kappa shape index (κ3) is 4.45. The zero-order valence-corrected chi connectivity index (χ0v) is 19.5. The Bertz CT molecular complexity index is 1040. The van der Waals surface area contributed by atoms with E-state index in [0.717, 1.165) is 22.9 Å². The largest absolute Gasteiger partial charge is 2.00 e. The van der Waals surface area contributed by atoms with Gasteiger partial charge in [-0.1, -0.05) is 18.2 Å². The third-order valence-electron chi connectivity index (χ3n) is 4.81. The maximum absolute atomic E-state index is 5.41. The standard InChI is InChI=1S/C21H17N5O2.2ClH.V/c1-27-16-10-4-6-12-18(16)25-20(23-12)14-8-3-9-15(22-14)21-24-13-7-5-11-17(28-2)19(13)26-21;;;/h3-11,18-19H,1-2H3;2*1H;/q;;;+2/p-2. The molecule has 2 atom stereocenters. The van der Waals surface area contributed by atoms with Gasteiger partial charge in [0.1, 0.15) is 22.9 Å². The van der Waals surface area contributed by atoms with Gasteiger partial charge < -0.3 is 34.3 Å². The van der Waals surface area contributed by atoms with Crippen molar-refractivity contribution in [3.05, 3.63) is 77.6 Å². The van der Waals surface area contributed by atoms with Crippen LogP contribution in [0.1, 0.15) is 11.4 Å². The van der Waals surface area contributed by atoms with Crippen molar-refractivity contribution in [2.45, 2.75) is 12.1 Å². The normalized spacial score (nSPS) is 22.0. The third-order valence-corrected chi connectivity index (χ3v) is 4.81. The topological polar surface area (TPSA) is 80.8 Å². The summed E-state index contributed by atoms with van der Waals surface area (Å²) in [6.07, 6.45) is 11.5. The summed E-state index contributed by atoms with van der Waals surface area (Å²) in [6, 6.07) is 5.28. The quantitative estimate of drug-likeness (QED) is 0.436. The number of fused-ring (bicyclic) bond motifs is 2. The van der Waals surface area contributed by atoms with Crippen LogP contribution in [-0.2, 0) is 28.0 Å². The average Bonchev–Trinajstić information content (AvgIpc) is 3.37. The number of allylic oxidation sites excluding steroid dienone is 4. The zero-order chi connectivity index (χ0) is 19.1. The molecule has 0 fully saturated rings. The van der Waals surface area contributed by atoms with Gasteiger partial charge in [-0.05, 0) is 36.4 Å². The van der Waals surface area contributed by atoms with Crippen molar-refractivity contribution in [1.82, 2.24) is 4.98 Å². The number of rotatable bonds is 4. The number of pyridine rings is 1. The molecule has 0 bridgehead atoms. The SMILES string of the molecule is COC1=CC=CC2=NC(c3cccc(C4=NC5C(OC)=CC=CC5=N4)n3)=NC12.[Cl-].[Cl-].[V+2]. The van der Waals surface area contributed by atoms with Crippen LogP contribution in [0, 0.1) is 0 Å². The van der Waals surface area contributed by atoms with Crippen molar-refractivity contribution in [2.75, 3.05) is 14.2 Å². The van der Waals surface area contributed by atoms with Crippen molar-refractivity contribution >= 4 is 23.1 Å². The minimum atomic E-state index is -0.207. The molecule has 1 radical (unpaired) electrons. The number of ether oxygens (including phenoxy) is 2. The molecule has 2 aliphatic carbocycles. The van der Waals surface area contributed by atoms with Crippen LogP contribution in [0.3, 0.4) is 0 Å². The molecule has 1 aromatic heterocycles. The van der Waals surface area contributed by atoms with Gasteiger partial charge in [0.05, 0.1) is 25.6 Å². The molecule has 2 unspecified atom stereocenters. The van der Waals surface area contributed by atoms with E-state index < -0.39 is 0 Å². The number of aliphatic imine (C=N–C) groups is 4. The number of halogens is 2. The molecule has 10 heteroatoms. The first-order valence-electron chi connectivity index (χ1n) is 8.92. The fraction of sp³-hybridized carbons (Fsp3) is 0.190. The van der Waals surface area contributed by atoms with E-state index in [1.165, 1.54) is 0 Å². The summed E-state index contributed by atoms with van der Waals surface area (Å²) in [4.78, 5) is 23.3. The summed E-state index contributed by atoms with van der Waals surface area (Å²) >= 11 is 0. The molecule has 4 aliphatic rings. The number of hydrogen-bond donors (Lipinski definition) is 0. The van der Waals surface area contributed by atoms with Gasteiger partial charge in [0.15, 0.2) is 23.8 Å². The molecule has 0 amide bonds. The van der Waals surface area contributed by atoms with E-state index in [-0.39, 0.29) is 55.5 Å². The van der Waals surface area contributed by atoms with E-state index in [4.69, 9.17) is 14.5 Å². The Labute approximate surface area is 204 Å². The van der Waals surface area contributed by atoms with E-state index in [2.05, 4.69) is 20.0 Å². The Hall–Kier alpha value is -2.45. The monoisotopic (exact) mass is 492 g/mol. The van der Waals surface area contributed by atoms with E-state index in [1.54, 1.807) is 14.2 Å². The molecule has 3 heterocycles. The first-order valence-corrected chi connectivity index (χ1v) is 8.92. The fourth-order valence-corrected chi connectivity index (χ4v) is 3.43. The summed E-state index contributed by atoms with van der Waals surface area (Å²) in [5.41, 5.74) is 3.07. The summed E-state index contributed by atoms with van der Waals surface area (Å²) in [6.45, 7) is 0. The molecule has 0 aromatic carbocycles. The van der Waals surface area contributed by atoms with Crippen LogP contribution in [0.25, 0.3) is 0 Å². The molecule has 0 saturated carbocycles. The minimum Gasteiger partial charge on any atom is -1.00 e. The first-order chi connectivity index (χ1) is 13.8. The van der Waals surface area contributed by atoms with Gasteiger partial charge in [-0.15, -0.1) is 0 Å². The summed E-state index contributed by atoms with van der Waals surface area (Å²) in [5, 5.41) is 0. The Balaban J connectivity index is 0.00000114. The van der Waals surface area contributed by atoms with Crippen LogP contribution in [0.4, 0.5) is 0 Å². The van der Waals surface area contributed by atoms with Gasteiger partial charge in [-0.25, -0.2) is 25.0 Å². The fourth-order valence-electron chi connectivity index (χ4n) is 3.43. The van der Waals surface area contributed by atoms with E-state index in [1.807, 2.05) is 54.7 Å². The molecular formula is C21H17Cl2N5O2V. The van der Waals surface area contributed by atoms with Crippen LogP contribution in [-0.4, -0.2) is 54.4 Å². The number of amidine groups is 2. The zero-order valence-electron chi connectivity index (χ0n) is 16.6. The molecule has 0 N–H and O–H groups in total. The Morgan fingerprint density at radius 3 is 1.61 bits per heavy atom. The summed E-state index contributed by atoms with van der Waals surface area (Å²) < 4.78 is 10.8. The van der Waals surface area contributed by atoms with E-state index in [9.17, 15) is 0 Å². The van der Waals surface area contributed by atoms with Crippen LogP contribution < -0.4 is 24.8 Å². The van der Waals surface area contributed by atoms with E-state index in [0.29, 0.717) is 23.1 Å². The second-order valence-corrected chi connectivity index (χ2v) is 6.46. The molecule has 157 valence electrons. The second-order valence-electron chi connectivity index (χ2n) is 6.46. The van der Waals surface area contributed by atoms with Crippen molar-refractivity contribution in [3.63, 3.8) is 0 Å². The van der Waals surface area contributed by atoms with Crippen molar-refractivity contribution in [3.8, 4) is 0 Å². The van der Waals surface area contributed by atoms with Crippen molar-refractivity contribution in [2.24, 2.45) is 20.0 Å². The number of hydrogen-bond acceptors (Lipinski definition) is 7. The maximum Gasteiger partial charge on any atom is 2.00 e. The molecule has 7 nitrogen and oxygen atoms in total. The number of methoxy groups -OCH3 is 2. The van der Waals surface area contributed by atoms with Gasteiger partial charge in [-0.2, -0.15) is 0 Å². The Morgan fingerprint density at radius 2 is 1.19 bits per heavy atom. The smallest absolute Gasteiger partial charge is 1.00 e. The maximum atomic E-state index is 5.41. The van der Waals surface area contributed by atoms with Crippen LogP contribution in [0.15, 0.2) is 86.1 Å². The van der Waals surface area contributed by atoms with Crippen LogP contribution in [0.5, 0.6) is 0 Å². The molecule has 1 aromatic rings. The summed E-state index contributed by atoms with van der Waals surface area (Å²) in [5.74, 6) is 2.71. The van der Waals surface area contributed by atoms with Crippen LogP contribution in [0.2, 0.25) is 0 Å². The molecule has 2 aliphatic heterocycles. The minimum absolute atomic E-state index is 0. The molecule has 0 spiro atoms.